The van der Waals surface area contributed by atoms with Crippen LogP contribution in [0.1, 0.15) is 25.6 Å². The summed E-state index contributed by atoms with van der Waals surface area (Å²) in [6, 6.07) is 6.20. The molecule has 5 heteroatoms. The van der Waals surface area contributed by atoms with Gasteiger partial charge in [0.15, 0.2) is 0 Å². The first-order chi connectivity index (χ1) is 9.14. The highest BCUT2D eigenvalue weighted by molar-refractivity contribution is 9.10. The summed E-state index contributed by atoms with van der Waals surface area (Å²) >= 11 is 3.50. The minimum atomic E-state index is -0.444. The molecule has 2 aromatic rings. The van der Waals surface area contributed by atoms with E-state index < -0.39 is 5.54 Å². The van der Waals surface area contributed by atoms with Crippen molar-refractivity contribution in [2.75, 3.05) is 13.2 Å². The van der Waals surface area contributed by atoms with Crippen molar-refractivity contribution in [1.82, 2.24) is 9.55 Å². The SMILES string of the molecule is CCCn1c(C2(N)CCOC2)nc2cc(Br)ccc21. The minimum absolute atomic E-state index is 0.444. The van der Waals surface area contributed by atoms with Crippen molar-refractivity contribution in [3.05, 3.63) is 28.5 Å². The first-order valence-electron chi connectivity index (χ1n) is 6.67. The molecule has 1 saturated heterocycles. The fourth-order valence-corrected chi connectivity index (χ4v) is 3.04. The van der Waals surface area contributed by atoms with Gasteiger partial charge in [0, 0.05) is 17.6 Å². The second-order valence-corrected chi connectivity index (χ2v) is 6.09. The molecule has 1 atom stereocenters. The molecule has 3 rings (SSSR count). The van der Waals surface area contributed by atoms with Gasteiger partial charge in [0.05, 0.1) is 17.6 Å². The van der Waals surface area contributed by atoms with Crippen LogP contribution in [0, 0.1) is 0 Å². The van der Waals surface area contributed by atoms with E-state index in [0.29, 0.717) is 6.61 Å². The molecule has 1 unspecified atom stereocenters. The van der Waals surface area contributed by atoms with Crippen LogP contribution >= 0.6 is 15.9 Å². The minimum Gasteiger partial charge on any atom is -0.379 e. The van der Waals surface area contributed by atoms with E-state index in [4.69, 9.17) is 15.5 Å². The number of nitrogens with zero attached hydrogens (tertiary/aromatic N) is 2. The average Bonchev–Trinajstić information content (AvgIpc) is 2.95. The molecule has 0 amide bonds. The largest absolute Gasteiger partial charge is 0.379 e. The quantitative estimate of drug-likeness (QED) is 0.944. The first-order valence-corrected chi connectivity index (χ1v) is 7.46. The Morgan fingerprint density at radius 3 is 3.05 bits per heavy atom. The monoisotopic (exact) mass is 323 g/mol. The number of aromatic nitrogens is 2. The Balaban J connectivity index is 2.19. The Hall–Kier alpha value is -0.910. The lowest BCUT2D eigenvalue weighted by molar-refractivity contribution is 0.175. The van der Waals surface area contributed by atoms with Crippen LogP contribution in [0.15, 0.2) is 22.7 Å². The Kier molecular flexibility index (Phi) is 3.37. The lowest BCUT2D eigenvalue weighted by Gasteiger charge is -2.22. The van der Waals surface area contributed by atoms with Crippen molar-refractivity contribution >= 4 is 27.0 Å². The zero-order valence-corrected chi connectivity index (χ0v) is 12.6. The van der Waals surface area contributed by atoms with Gasteiger partial charge in [0.2, 0.25) is 0 Å². The third-order valence-corrected chi connectivity index (χ3v) is 4.15. The van der Waals surface area contributed by atoms with E-state index in [0.717, 1.165) is 47.3 Å². The molecule has 0 aliphatic carbocycles. The van der Waals surface area contributed by atoms with Gasteiger partial charge in [-0.25, -0.2) is 4.98 Å². The van der Waals surface area contributed by atoms with Crippen LogP contribution in [0.2, 0.25) is 0 Å². The normalized spacial score (nSPS) is 23.3. The summed E-state index contributed by atoms with van der Waals surface area (Å²) in [6.07, 6.45) is 1.90. The number of hydrogen-bond acceptors (Lipinski definition) is 3. The molecular weight excluding hydrogens is 306 g/mol. The van der Waals surface area contributed by atoms with E-state index in [2.05, 4.69) is 33.5 Å². The summed E-state index contributed by atoms with van der Waals surface area (Å²) in [6.45, 7) is 4.38. The Morgan fingerprint density at radius 2 is 2.37 bits per heavy atom. The van der Waals surface area contributed by atoms with Crippen LogP contribution in [0.25, 0.3) is 11.0 Å². The molecule has 1 fully saturated rings. The molecule has 1 aromatic heterocycles. The predicted molar refractivity (Wildman–Crippen MR) is 79.0 cm³/mol. The zero-order valence-electron chi connectivity index (χ0n) is 11.0. The molecule has 1 aliphatic heterocycles. The number of ether oxygens (including phenoxy) is 1. The number of halogens is 1. The van der Waals surface area contributed by atoms with Gasteiger partial charge in [0.1, 0.15) is 11.4 Å². The number of fused-ring (bicyclic) bond motifs is 1. The van der Waals surface area contributed by atoms with E-state index >= 15 is 0 Å². The van der Waals surface area contributed by atoms with Crippen molar-refractivity contribution < 1.29 is 4.74 Å². The van der Waals surface area contributed by atoms with Gasteiger partial charge in [0.25, 0.3) is 0 Å². The molecule has 0 bridgehead atoms. The molecule has 0 radical (unpaired) electrons. The maximum atomic E-state index is 6.49. The third-order valence-electron chi connectivity index (χ3n) is 3.65. The molecule has 0 spiro atoms. The smallest absolute Gasteiger partial charge is 0.132 e. The highest BCUT2D eigenvalue weighted by atomic mass is 79.9. The second kappa shape index (κ2) is 4.89. The van der Waals surface area contributed by atoms with Crippen LogP contribution < -0.4 is 5.73 Å². The van der Waals surface area contributed by atoms with E-state index in [1.165, 1.54) is 0 Å². The van der Waals surface area contributed by atoms with Crippen LogP contribution in [0.5, 0.6) is 0 Å². The lowest BCUT2D eigenvalue weighted by atomic mass is 9.99. The summed E-state index contributed by atoms with van der Waals surface area (Å²) in [7, 11) is 0. The van der Waals surface area contributed by atoms with Crippen LogP contribution in [-0.4, -0.2) is 22.8 Å². The number of benzene rings is 1. The molecule has 2 N–H and O–H groups in total. The zero-order chi connectivity index (χ0) is 13.5. The summed E-state index contributed by atoms with van der Waals surface area (Å²) in [5.41, 5.74) is 8.19. The topological polar surface area (TPSA) is 53.1 Å². The molecule has 102 valence electrons. The molecular formula is C14H18BrN3O. The number of hydrogen-bond donors (Lipinski definition) is 1. The van der Waals surface area contributed by atoms with Crippen LogP contribution in [0.3, 0.4) is 0 Å². The maximum Gasteiger partial charge on any atom is 0.132 e. The fourth-order valence-electron chi connectivity index (χ4n) is 2.69. The van der Waals surface area contributed by atoms with Gasteiger partial charge in [-0.2, -0.15) is 0 Å². The predicted octanol–water partition coefficient (Wildman–Crippen LogP) is 2.78. The Morgan fingerprint density at radius 1 is 1.53 bits per heavy atom. The van der Waals surface area contributed by atoms with Crippen molar-refractivity contribution in [1.29, 1.82) is 0 Å². The average molecular weight is 324 g/mol. The maximum absolute atomic E-state index is 6.49. The molecule has 4 nitrogen and oxygen atoms in total. The summed E-state index contributed by atoms with van der Waals surface area (Å²) in [5, 5.41) is 0. The van der Waals surface area contributed by atoms with E-state index in [1.807, 2.05) is 12.1 Å². The van der Waals surface area contributed by atoms with Crippen LogP contribution in [-0.2, 0) is 16.8 Å². The molecule has 0 saturated carbocycles. The third kappa shape index (κ3) is 2.20. The van der Waals surface area contributed by atoms with E-state index in [9.17, 15) is 0 Å². The fraction of sp³-hybridized carbons (Fsp3) is 0.500. The molecule has 1 aromatic carbocycles. The Labute approximate surface area is 121 Å². The van der Waals surface area contributed by atoms with E-state index in [-0.39, 0.29) is 0 Å². The molecule has 2 heterocycles. The highest BCUT2D eigenvalue weighted by Gasteiger charge is 2.37. The first kappa shape index (κ1) is 13.1. The van der Waals surface area contributed by atoms with Crippen molar-refractivity contribution in [3.8, 4) is 0 Å². The van der Waals surface area contributed by atoms with Gasteiger partial charge < -0.3 is 15.0 Å². The number of rotatable bonds is 3. The second-order valence-electron chi connectivity index (χ2n) is 5.18. The standard InChI is InChI=1S/C14H18BrN3O/c1-2-6-18-12-4-3-10(15)8-11(12)17-13(18)14(16)5-7-19-9-14/h3-4,8H,2,5-7,9,16H2,1H3. The number of imidazole rings is 1. The van der Waals surface area contributed by atoms with Crippen molar-refractivity contribution in [2.45, 2.75) is 31.8 Å². The van der Waals surface area contributed by atoms with Gasteiger partial charge >= 0.3 is 0 Å². The van der Waals surface area contributed by atoms with Gasteiger partial charge in [-0.3, -0.25) is 0 Å². The summed E-state index contributed by atoms with van der Waals surface area (Å²) in [4.78, 5) is 4.77. The highest BCUT2D eigenvalue weighted by Crippen LogP contribution is 2.31. The van der Waals surface area contributed by atoms with Crippen molar-refractivity contribution in [2.24, 2.45) is 5.73 Å². The summed E-state index contributed by atoms with van der Waals surface area (Å²) < 4.78 is 8.77. The van der Waals surface area contributed by atoms with E-state index in [1.54, 1.807) is 0 Å². The molecule has 19 heavy (non-hydrogen) atoms. The van der Waals surface area contributed by atoms with Gasteiger partial charge in [-0.05, 0) is 31.0 Å². The van der Waals surface area contributed by atoms with Gasteiger partial charge in [-0.1, -0.05) is 22.9 Å². The van der Waals surface area contributed by atoms with Crippen molar-refractivity contribution in [3.63, 3.8) is 0 Å². The molecule has 1 aliphatic rings. The van der Waals surface area contributed by atoms with Crippen LogP contribution in [0.4, 0.5) is 0 Å². The van der Waals surface area contributed by atoms with Gasteiger partial charge in [-0.15, -0.1) is 0 Å². The summed E-state index contributed by atoms with van der Waals surface area (Å²) in [5.74, 6) is 0.958. The lowest BCUT2D eigenvalue weighted by Crippen LogP contribution is -2.40. The number of aryl methyl sites for hydroxylation is 1. The number of nitrogens with two attached hydrogens (primary N) is 1. The Bertz CT molecular complexity index is 602.